The van der Waals surface area contributed by atoms with Crippen molar-refractivity contribution in [1.29, 1.82) is 10.5 Å². The number of hydrogen-bond donors (Lipinski definition) is 0. The van der Waals surface area contributed by atoms with E-state index < -0.39 is 10.2 Å². The van der Waals surface area contributed by atoms with Gasteiger partial charge < -0.3 is 4.90 Å². The highest BCUT2D eigenvalue weighted by Gasteiger charge is 2.35. The van der Waals surface area contributed by atoms with Gasteiger partial charge in [-0.25, -0.2) is 0 Å². The van der Waals surface area contributed by atoms with Crippen LogP contribution in [0.1, 0.15) is 43.2 Å². The maximum Gasteiger partial charge on any atom is 0.282 e. The van der Waals surface area contributed by atoms with Gasteiger partial charge in [0.1, 0.15) is 12.1 Å². The van der Waals surface area contributed by atoms with Crippen LogP contribution in [0.4, 0.5) is 5.69 Å². The van der Waals surface area contributed by atoms with Crippen molar-refractivity contribution in [2.75, 3.05) is 38.1 Å². The van der Waals surface area contributed by atoms with Crippen molar-refractivity contribution in [2.24, 2.45) is 0 Å². The van der Waals surface area contributed by atoms with Crippen LogP contribution in [0.25, 0.3) is 0 Å². The van der Waals surface area contributed by atoms with Crippen molar-refractivity contribution >= 4 is 15.9 Å². The summed E-state index contributed by atoms with van der Waals surface area (Å²) >= 11 is 0. The maximum atomic E-state index is 13.0. The predicted octanol–water partition coefficient (Wildman–Crippen LogP) is 2.06. The highest BCUT2D eigenvalue weighted by molar-refractivity contribution is 7.86. The van der Waals surface area contributed by atoms with E-state index in [0.29, 0.717) is 43.0 Å². The molecule has 144 valence electrons. The number of benzene rings is 1. The third-order valence-corrected chi connectivity index (χ3v) is 7.65. The highest BCUT2D eigenvalue weighted by Crippen LogP contribution is 2.28. The molecular weight excluding hydrogens is 362 g/mol. The minimum atomic E-state index is -3.49. The molecular formula is C19H25N5O2S. The van der Waals surface area contributed by atoms with Gasteiger partial charge in [-0.1, -0.05) is 25.3 Å². The van der Waals surface area contributed by atoms with Gasteiger partial charge >= 0.3 is 0 Å². The lowest BCUT2D eigenvalue weighted by Gasteiger charge is -2.39. The second-order valence-electron chi connectivity index (χ2n) is 7.13. The van der Waals surface area contributed by atoms with Gasteiger partial charge in [-0.3, -0.25) is 0 Å². The van der Waals surface area contributed by atoms with E-state index in [1.165, 1.54) is 10.7 Å². The van der Waals surface area contributed by atoms with E-state index in [1.807, 2.05) is 4.90 Å². The Morgan fingerprint density at radius 3 is 2.07 bits per heavy atom. The molecule has 7 nitrogen and oxygen atoms in total. The smallest absolute Gasteiger partial charge is 0.282 e. The molecule has 0 radical (unpaired) electrons. The predicted molar refractivity (Wildman–Crippen MR) is 103 cm³/mol. The van der Waals surface area contributed by atoms with Gasteiger partial charge in [0.2, 0.25) is 0 Å². The van der Waals surface area contributed by atoms with Crippen LogP contribution < -0.4 is 4.90 Å². The molecule has 0 N–H and O–H groups in total. The first kappa shape index (κ1) is 19.6. The molecule has 1 aliphatic carbocycles. The summed E-state index contributed by atoms with van der Waals surface area (Å²) in [5.74, 6) is 0. The van der Waals surface area contributed by atoms with Gasteiger partial charge in [0.15, 0.2) is 0 Å². The van der Waals surface area contributed by atoms with Crippen LogP contribution in [-0.2, 0) is 10.2 Å². The molecule has 0 spiro atoms. The van der Waals surface area contributed by atoms with E-state index >= 15 is 0 Å². The Kier molecular flexibility index (Phi) is 6.01. The molecule has 1 saturated carbocycles. The third-order valence-electron chi connectivity index (χ3n) is 5.61. The summed E-state index contributed by atoms with van der Waals surface area (Å²) in [6.07, 6.45) is 5.20. The van der Waals surface area contributed by atoms with Crippen molar-refractivity contribution in [3.05, 3.63) is 29.3 Å². The quantitative estimate of drug-likeness (QED) is 0.789. The summed E-state index contributed by atoms with van der Waals surface area (Å²) in [5, 5.41) is 18.7. The second-order valence-corrected chi connectivity index (χ2v) is 9.12. The molecule has 0 bridgehead atoms. The van der Waals surface area contributed by atoms with Crippen LogP contribution in [-0.4, -0.2) is 56.3 Å². The maximum absolute atomic E-state index is 13.0. The average molecular weight is 388 g/mol. The van der Waals surface area contributed by atoms with E-state index in [0.717, 1.165) is 25.7 Å². The first-order chi connectivity index (χ1) is 13.0. The number of para-hydroxylation sites is 1. The average Bonchev–Trinajstić information content (AvgIpc) is 2.73. The summed E-state index contributed by atoms with van der Waals surface area (Å²) in [5.41, 5.74) is 1.51. The van der Waals surface area contributed by atoms with E-state index in [2.05, 4.69) is 12.1 Å². The molecule has 2 fully saturated rings. The molecule has 0 unspecified atom stereocenters. The molecule has 0 amide bonds. The first-order valence-corrected chi connectivity index (χ1v) is 10.8. The molecule has 1 aliphatic heterocycles. The second kappa shape index (κ2) is 8.26. The molecule has 1 aromatic carbocycles. The van der Waals surface area contributed by atoms with Crippen LogP contribution in [0.5, 0.6) is 0 Å². The fourth-order valence-corrected chi connectivity index (χ4v) is 5.60. The summed E-state index contributed by atoms with van der Waals surface area (Å²) in [4.78, 5) is 1.95. The number of nitrogens with zero attached hydrogens (tertiary/aromatic N) is 5. The van der Waals surface area contributed by atoms with Crippen LogP contribution in [0.2, 0.25) is 0 Å². The Labute approximate surface area is 161 Å². The molecule has 1 heterocycles. The Morgan fingerprint density at radius 1 is 1.00 bits per heavy atom. The van der Waals surface area contributed by atoms with E-state index in [1.54, 1.807) is 29.6 Å². The number of hydrogen-bond acceptors (Lipinski definition) is 5. The standard InChI is InChI=1S/C19H25N5O2S/c1-22(18-8-3-2-4-9-18)27(25,26)24-12-10-23(11-13-24)19-16(14-20)6-5-7-17(19)15-21/h5-7,18H,2-4,8-13H2,1H3. The van der Waals surface area contributed by atoms with Crippen LogP contribution >= 0.6 is 0 Å². The fraction of sp³-hybridized carbons (Fsp3) is 0.579. The summed E-state index contributed by atoms with van der Waals surface area (Å²) in [7, 11) is -1.80. The lowest BCUT2D eigenvalue weighted by molar-refractivity contribution is 0.259. The number of piperazine rings is 1. The topological polar surface area (TPSA) is 91.4 Å². The van der Waals surface area contributed by atoms with Gasteiger partial charge in [0.05, 0.1) is 16.8 Å². The largest absolute Gasteiger partial charge is 0.367 e. The fourth-order valence-electron chi connectivity index (χ4n) is 4.02. The molecule has 1 saturated heterocycles. The van der Waals surface area contributed by atoms with E-state index in [-0.39, 0.29) is 6.04 Å². The van der Waals surface area contributed by atoms with Crippen LogP contribution in [0.15, 0.2) is 18.2 Å². The Bertz CT molecular complexity index is 825. The minimum Gasteiger partial charge on any atom is -0.367 e. The van der Waals surface area contributed by atoms with Crippen LogP contribution in [0, 0.1) is 22.7 Å². The lowest BCUT2D eigenvalue weighted by Crippen LogP contribution is -2.54. The van der Waals surface area contributed by atoms with Crippen molar-refractivity contribution in [3.63, 3.8) is 0 Å². The van der Waals surface area contributed by atoms with E-state index in [4.69, 9.17) is 0 Å². The van der Waals surface area contributed by atoms with Crippen molar-refractivity contribution in [3.8, 4) is 12.1 Å². The molecule has 8 heteroatoms. The zero-order valence-electron chi connectivity index (χ0n) is 15.6. The molecule has 27 heavy (non-hydrogen) atoms. The Balaban J connectivity index is 1.72. The summed E-state index contributed by atoms with van der Waals surface area (Å²) < 4.78 is 29.1. The van der Waals surface area contributed by atoms with Gasteiger partial charge in [-0.05, 0) is 25.0 Å². The van der Waals surface area contributed by atoms with Gasteiger partial charge in [0, 0.05) is 39.3 Å². The Morgan fingerprint density at radius 2 is 1.56 bits per heavy atom. The molecule has 1 aromatic rings. The summed E-state index contributed by atoms with van der Waals surface area (Å²) in [6, 6.07) is 9.44. The SMILES string of the molecule is CN(C1CCCCC1)S(=O)(=O)N1CCN(c2c(C#N)cccc2C#N)CC1. The molecule has 0 aromatic heterocycles. The highest BCUT2D eigenvalue weighted by atomic mass is 32.2. The third kappa shape index (κ3) is 3.93. The zero-order valence-corrected chi connectivity index (χ0v) is 16.5. The zero-order chi connectivity index (χ0) is 19.4. The number of nitriles is 2. The van der Waals surface area contributed by atoms with Crippen LogP contribution in [0.3, 0.4) is 0 Å². The summed E-state index contributed by atoms with van der Waals surface area (Å²) in [6.45, 7) is 1.63. The van der Waals surface area contributed by atoms with Gasteiger partial charge in [0.25, 0.3) is 10.2 Å². The number of anilines is 1. The normalized spacial score (nSPS) is 19.6. The lowest BCUT2D eigenvalue weighted by atomic mass is 9.96. The molecule has 3 rings (SSSR count). The molecule has 0 atom stereocenters. The number of rotatable bonds is 4. The Hall–Kier alpha value is -2.13. The van der Waals surface area contributed by atoms with Gasteiger partial charge in [-0.15, -0.1) is 0 Å². The van der Waals surface area contributed by atoms with Crippen molar-refractivity contribution in [1.82, 2.24) is 8.61 Å². The first-order valence-electron chi connectivity index (χ1n) is 9.40. The van der Waals surface area contributed by atoms with Gasteiger partial charge in [-0.2, -0.15) is 27.6 Å². The van der Waals surface area contributed by atoms with Crippen molar-refractivity contribution < 1.29 is 8.42 Å². The molecule has 2 aliphatic rings. The van der Waals surface area contributed by atoms with E-state index in [9.17, 15) is 18.9 Å². The van der Waals surface area contributed by atoms with Crippen molar-refractivity contribution in [2.45, 2.75) is 38.1 Å². The monoisotopic (exact) mass is 387 g/mol. The minimum absolute atomic E-state index is 0.0892.